The first-order valence-corrected chi connectivity index (χ1v) is 3.26. The lowest BCUT2D eigenvalue weighted by atomic mass is 10.3. The van der Waals surface area contributed by atoms with Crippen LogP contribution in [0.5, 0.6) is 0 Å². The Bertz CT molecular complexity index is 136. The Balaban J connectivity index is 4.24. The first-order chi connectivity index (χ1) is 5.37. The third-order valence-electron chi connectivity index (χ3n) is 1.24. The Labute approximate surface area is 67.5 Å². The fourth-order valence-electron chi connectivity index (χ4n) is 0.490. The summed E-state index contributed by atoms with van der Waals surface area (Å²) in [5.41, 5.74) is 0. The van der Waals surface area contributed by atoms with Crippen LogP contribution < -0.4 is 0 Å². The van der Waals surface area contributed by atoms with Crippen LogP contribution in [-0.4, -0.2) is 32.4 Å². The summed E-state index contributed by atoms with van der Waals surface area (Å²) in [7, 11) is 0.645. The lowest BCUT2D eigenvalue weighted by molar-refractivity contribution is -0.337. The van der Waals surface area contributed by atoms with Crippen LogP contribution in [0.3, 0.4) is 0 Å². The van der Waals surface area contributed by atoms with Crippen molar-refractivity contribution in [2.75, 3.05) is 20.3 Å². The highest BCUT2D eigenvalue weighted by atomic mass is 19.4. The van der Waals surface area contributed by atoms with Crippen LogP contribution >= 0.6 is 0 Å². The van der Waals surface area contributed by atoms with Gasteiger partial charge in [-0.1, -0.05) is 0 Å². The van der Waals surface area contributed by atoms with Crippen LogP contribution in [0.4, 0.5) is 17.6 Å². The molecule has 0 saturated carbocycles. The number of hydrogen-bond donors (Lipinski definition) is 0. The predicted octanol–water partition coefficient (Wildman–Crippen LogP) is 1.90. The molecule has 0 radical (unpaired) electrons. The van der Waals surface area contributed by atoms with Crippen molar-refractivity contribution in [3.05, 3.63) is 0 Å². The average molecular weight is 190 g/mol. The van der Waals surface area contributed by atoms with E-state index in [0.717, 1.165) is 0 Å². The van der Waals surface area contributed by atoms with Crippen molar-refractivity contribution in [1.29, 1.82) is 0 Å². The molecular formula is C6H10F4O2. The minimum atomic E-state index is -5.06. The Morgan fingerprint density at radius 3 is 1.92 bits per heavy atom. The molecule has 0 aliphatic heterocycles. The molecule has 74 valence electrons. The van der Waals surface area contributed by atoms with E-state index in [1.54, 1.807) is 0 Å². The van der Waals surface area contributed by atoms with E-state index in [1.807, 2.05) is 0 Å². The van der Waals surface area contributed by atoms with E-state index in [0.29, 0.717) is 7.11 Å². The molecule has 0 bridgehead atoms. The van der Waals surface area contributed by atoms with Gasteiger partial charge in [-0.3, -0.25) is 0 Å². The summed E-state index contributed by atoms with van der Waals surface area (Å²) >= 11 is 0. The Morgan fingerprint density at radius 1 is 1.17 bits per heavy atom. The van der Waals surface area contributed by atoms with Crippen LogP contribution in [0.1, 0.15) is 6.92 Å². The molecule has 12 heavy (non-hydrogen) atoms. The molecule has 0 aliphatic carbocycles. The van der Waals surface area contributed by atoms with Gasteiger partial charge < -0.3 is 9.47 Å². The standard InChI is InChI=1S/C6H10F4O2/c1-3-12-4-5(7,11-2)6(8,9)10/h3-4H2,1-2H3. The summed E-state index contributed by atoms with van der Waals surface area (Å²) in [6, 6.07) is 0. The molecule has 0 aromatic heterocycles. The van der Waals surface area contributed by atoms with Crippen molar-refractivity contribution in [2.24, 2.45) is 0 Å². The van der Waals surface area contributed by atoms with Crippen molar-refractivity contribution in [1.82, 2.24) is 0 Å². The normalized spacial score (nSPS) is 17.5. The number of methoxy groups -OCH3 is 1. The van der Waals surface area contributed by atoms with E-state index in [2.05, 4.69) is 9.47 Å². The highest BCUT2D eigenvalue weighted by Gasteiger charge is 2.57. The second-order valence-corrected chi connectivity index (χ2v) is 2.07. The van der Waals surface area contributed by atoms with Gasteiger partial charge in [0.1, 0.15) is 6.61 Å². The maximum absolute atomic E-state index is 12.7. The molecule has 6 heteroatoms. The zero-order valence-corrected chi connectivity index (χ0v) is 6.74. The molecule has 0 spiro atoms. The molecule has 2 nitrogen and oxygen atoms in total. The molecule has 0 heterocycles. The molecule has 1 atom stereocenters. The van der Waals surface area contributed by atoms with Gasteiger partial charge in [0.15, 0.2) is 0 Å². The zero-order chi connectivity index (χ0) is 9.83. The minimum Gasteiger partial charge on any atom is -0.375 e. The average Bonchev–Trinajstić information content (AvgIpc) is 1.98. The van der Waals surface area contributed by atoms with Gasteiger partial charge in [0.25, 0.3) is 0 Å². The minimum absolute atomic E-state index is 0.00507. The van der Waals surface area contributed by atoms with E-state index < -0.39 is 18.6 Å². The maximum atomic E-state index is 12.7. The number of hydrogen-bond acceptors (Lipinski definition) is 2. The first-order valence-electron chi connectivity index (χ1n) is 3.26. The van der Waals surface area contributed by atoms with Crippen molar-refractivity contribution >= 4 is 0 Å². The first kappa shape index (κ1) is 11.6. The number of alkyl halides is 4. The van der Waals surface area contributed by atoms with Crippen molar-refractivity contribution < 1.29 is 27.0 Å². The summed E-state index contributed by atoms with van der Waals surface area (Å²) in [6.45, 7) is 0.334. The molecule has 0 aromatic carbocycles. The number of rotatable bonds is 4. The molecule has 0 N–H and O–H groups in total. The highest BCUT2D eigenvalue weighted by Crippen LogP contribution is 2.34. The zero-order valence-electron chi connectivity index (χ0n) is 6.74. The smallest absolute Gasteiger partial charge is 0.375 e. The van der Waals surface area contributed by atoms with Crippen molar-refractivity contribution in [3.8, 4) is 0 Å². The Kier molecular flexibility index (Phi) is 3.92. The van der Waals surface area contributed by atoms with Crippen molar-refractivity contribution in [2.45, 2.75) is 19.0 Å². The van der Waals surface area contributed by atoms with Gasteiger partial charge in [-0.25, -0.2) is 0 Å². The van der Waals surface area contributed by atoms with Crippen LogP contribution in [-0.2, 0) is 9.47 Å². The molecular weight excluding hydrogens is 180 g/mol. The van der Waals surface area contributed by atoms with Gasteiger partial charge >= 0.3 is 12.0 Å². The van der Waals surface area contributed by atoms with E-state index in [-0.39, 0.29) is 6.61 Å². The molecule has 0 amide bonds. The van der Waals surface area contributed by atoms with Crippen molar-refractivity contribution in [3.63, 3.8) is 0 Å². The SMILES string of the molecule is CCOCC(F)(OC)C(F)(F)F. The van der Waals surface area contributed by atoms with E-state index >= 15 is 0 Å². The van der Waals surface area contributed by atoms with E-state index in [4.69, 9.17) is 0 Å². The van der Waals surface area contributed by atoms with Crippen LogP contribution in [0.25, 0.3) is 0 Å². The topological polar surface area (TPSA) is 18.5 Å². The Morgan fingerprint density at radius 2 is 1.67 bits per heavy atom. The largest absolute Gasteiger partial charge is 0.450 e. The van der Waals surface area contributed by atoms with Crippen LogP contribution in [0.15, 0.2) is 0 Å². The van der Waals surface area contributed by atoms with Gasteiger partial charge in [0.2, 0.25) is 0 Å². The predicted molar refractivity (Wildman–Crippen MR) is 33.4 cm³/mol. The summed E-state index contributed by atoms with van der Waals surface area (Å²) < 4.78 is 56.3. The molecule has 0 saturated heterocycles. The maximum Gasteiger partial charge on any atom is 0.450 e. The quantitative estimate of drug-likeness (QED) is 0.630. The fraction of sp³-hybridized carbons (Fsp3) is 1.00. The second kappa shape index (κ2) is 4.04. The van der Waals surface area contributed by atoms with Gasteiger partial charge in [0, 0.05) is 13.7 Å². The molecule has 1 unspecified atom stereocenters. The number of halogens is 4. The Hall–Kier alpha value is -0.360. The monoisotopic (exact) mass is 190 g/mol. The molecule has 0 rings (SSSR count). The summed E-state index contributed by atoms with van der Waals surface area (Å²) in [6.07, 6.45) is -5.06. The second-order valence-electron chi connectivity index (χ2n) is 2.07. The summed E-state index contributed by atoms with van der Waals surface area (Å²) in [5.74, 6) is -3.69. The van der Waals surface area contributed by atoms with Gasteiger partial charge in [-0.2, -0.15) is 17.6 Å². The van der Waals surface area contributed by atoms with Gasteiger partial charge in [0.05, 0.1) is 0 Å². The summed E-state index contributed by atoms with van der Waals surface area (Å²) in [4.78, 5) is 0. The third kappa shape index (κ3) is 2.60. The van der Waals surface area contributed by atoms with E-state index in [9.17, 15) is 17.6 Å². The molecule has 0 fully saturated rings. The van der Waals surface area contributed by atoms with Crippen LogP contribution in [0, 0.1) is 0 Å². The van der Waals surface area contributed by atoms with E-state index in [1.165, 1.54) is 6.92 Å². The van der Waals surface area contributed by atoms with Gasteiger partial charge in [-0.05, 0) is 6.92 Å². The summed E-state index contributed by atoms with van der Waals surface area (Å²) in [5, 5.41) is 0. The lowest BCUT2D eigenvalue weighted by Crippen LogP contribution is -2.46. The third-order valence-corrected chi connectivity index (χ3v) is 1.24. The highest BCUT2D eigenvalue weighted by molar-refractivity contribution is 4.76. The fourth-order valence-corrected chi connectivity index (χ4v) is 0.490. The lowest BCUT2D eigenvalue weighted by Gasteiger charge is -2.25. The van der Waals surface area contributed by atoms with Crippen LogP contribution in [0.2, 0.25) is 0 Å². The van der Waals surface area contributed by atoms with Gasteiger partial charge in [-0.15, -0.1) is 0 Å². The molecule has 0 aliphatic rings. The number of ether oxygens (including phenoxy) is 2. The molecule has 0 aromatic rings.